The molecule has 2 aromatic rings. The Morgan fingerprint density at radius 1 is 0.917 bits per heavy atom. The number of ether oxygens (including phenoxy) is 2. The molecule has 0 saturated carbocycles. The number of benzene rings is 2. The fraction of sp³-hybridized carbons (Fsp3) is 0.278. The molecule has 6 nitrogen and oxygen atoms in total. The SMILES string of the molecule is COc1ccc(CNC(=O)NCc2cccc(CN)c2)cc1OC. The molecule has 128 valence electrons. The molecule has 0 bridgehead atoms. The fourth-order valence-electron chi connectivity index (χ4n) is 2.28. The molecule has 0 heterocycles. The van der Waals surface area contributed by atoms with Gasteiger partial charge in [-0.2, -0.15) is 0 Å². The Hall–Kier alpha value is -2.73. The van der Waals surface area contributed by atoms with Gasteiger partial charge in [0, 0.05) is 19.6 Å². The molecule has 0 spiro atoms. The van der Waals surface area contributed by atoms with Gasteiger partial charge in [0.05, 0.1) is 14.2 Å². The van der Waals surface area contributed by atoms with Gasteiger partial charge in [-0.25, -0.2) is 4.79 Å². The van der Waals surface area contributed by atoms with E-state index < -0.39 is 0 Å². The standard InChI is InChI=1S/C18H23N3O3/c1-23-16-7-6-15(9-17(16)24-2)12-21-18(22)20-11-14-5-3-4-13(8-14)10-19/h3-9H,10-12,19H2,1-2H3,(H2,20,21,22). The lowest BCUT2D eigenvalue weighted by Crippen LogP contribution is -2.34. The van der Waals surface area contributed by atoms with Crippen molar-refractivity contribution in [2.24, 2.45) is 5.73 Å². The Bertz CT molecular complexity index is 689. The first-order valence-corrected chi connectivity index (χ1v) is 7.66. The van der Waals surface area contributed by atoms with Crippen LogP contribution in [-0.2, 0) is 19.6 Å². The highest BCUT2D eigenvalue weighted by molar-refractivity contribution is 5.73. The van der Waals surface area contributed by atoms with Gasteiger partial charge in [0.25, 0.3) is 0 Å². The van der Waals surface area contributed by atoms with Gasteiger partial charge in [-0.1, -0.05) is 30.3 Å². The lowest BCUT2D eigenvalue weighted by Gasteiger charge is -2.11. The van der Waals surface area contributed by atoms with Gasteiger partial charge in [-0.3, -0.25) is 0 Å². The van der Waals surface area contributed by atoms with E-state index in [1.807, 2.05) is 42.5 Å². The Balaban J connectivity index is 1.84. The Morgan fingerprint density at radius 2 is 1.54 bits per heavy atom. The van der Waals surface area contributed by atoms with Gasteiger partial charge in [-0.15, -0.1) is 0 Å². The first kappa shape index (κ1) is 17.6. The van der Waals surface area contributed by atoms with Crippen molar-refractivity contribution in [3.05, 3.63) is 59.2 Å². The quantitative estimate of drug-likeness (QED) is 0.727. The van der Waals surface area contributed by atoms with Gasteiger partial charge in [0.1, 0.15) is 0 Å². The van der Waals surface area contributed by atoms with Gasteiger partial charge < -0.3 is 25.8 Å². The third kappa shape index (κ3) is 4.89. The van der Waals surface area contributed by atoms with Crippen molar-refractivity contribution in [1.82, 2.24) is 10.6 Å². The molecule has 6 heteroatoms. The molecule has 0 aliphatic heterocycles. The van der Waals surface area contributed by atoms with E-state index in [2.05, 4.69) is 10.6 Å². The summed E-state index contributed by atoms with van der Waals surface area (Å²) in [6.45, 7) is 1.33. The molecule has 0 aromatic heterocycles. The van der Waals surface area contributed by atoms with E-state index in [1.165, 1.54) is 0 Å². The smallest absolute Gasteiger partial charge is 0.315 e. The number of nitrogens with two attached hydrogens (primary N) is 1. The summed E-state index contributed by atoms with van der Waals surface area (Å²) in [4.78, 5) is 11.9. The van der Waals surface area contributed by atoms with Crippen LogP contribution in [0.5, 0.6) is 11.5 Å². The summed E-state index contributed by atoms with van der Waals surface area (Å²) in [6.07, 6.45) is 0. The van der Waals surface area contributed by atoms with Crippen LogP contribution in [-0.4, -0.2) is 20.3 Å². The van der Waals surface area contributed by atoms with E-state index in [-0.39, 0.29) is 6.03 Å². The molecule has 0 fully saturated rings. The lowest BCUT2D eigenvalue weighted by molar-refractivity contribution is 0.240. The average molecular weight is 329 g/mol. The summed E-state index contributed by atoms with van der Waals surface area (Å²) >= 11 is 0. The van der Waals surface area contributed by atoms with Gasteiger partial charge in [0.2, 0.25) is 0 Å². The lowest BCUT2D eigenvalue weighted by atomic mass is 10.1. The van der Waals surface area contributed by atoms with Crippen molar-refractivity contribution in [3.8, 4) is 11.5 Å². The Kier molecular flexibility index (Phi) is 6.45. The summed E-state index contributed by atoms with van der Waals surface area (Å²) in [6, 6.07) is 13.1. The van der Waals surface area contributed by atoms with Crippen LogP contribution in [0.25, 0.3) is 0 Å². The van der Waals surface area contributed by atoms with Gasteiger partial charge in [0.15, 0.2) is 11.5 Å². The summed E-state index contributed by atoms with van der Waals surface area (Å²) < 4.78 is 10.4. The molecule has 24 heavy (non-hydrogen) atoms. The minimum absolute atomic E-state index is 0.233. The zero-order chi connectivity index (χ0) is 17.4. The number of nitrogens with one attached hydrogen (secondary N) is 2. The van der Waals surface area contributed by atoms with Crippen molar-refractivity contribution in [2.45, 2.75) is 19.6 Å². The summed E-state index contributed by atoms with van der Waals surface area (Å²) in [5, 5.41) is 5.64. The van der Waals surface area contributed by atoms with Crippen molar-refractivity contribution < 1.29 is 14.3 Å². The van der Waals surface area contributed by atoms with Crippen molar-refractivity contribution in [1.29, 1.82) is 0 Å². The second kappa shape index (κ2) is 8.79. The molecule has 0 aliphatic carbocycles. The number of carbonyl (C=O) groups is 1. The Morgan fingerprint density at radius 3 is 2.17 bits per heavy atom. The zero-order valence-electron chi connectivity index (χ0n) is 14.0. The molecule has 0 unspecified atom stereocenters. The predicted octanol–water partition coefficient (Wildman–Crippen LogP) is 2.16. The van der Waals surface area contributed by atoms with E-state index >= 15 is 0 Å². The Labute approximate surface area is 142 Å². The molecular formula is C18H23N3O3. The molecule has 0 radical (unpaired) electrons. The second-order valence-electron chi connectivity index (χ2n) is 5.25. The molecule has 4 N–H and O–H groups in total. The summed E-state index contributed by atoms with van der Waals surface area (Å²) in [7, 11) is 3.17. The van der Waals surface area contributed by atoms with Crippen LogP contribution < -0.4 is 25.8 Å². The number of methoxy groups -OCH3 is 2. The molecule has 0 saturated heterocycles. The average Bonchev–Trinajstić information content (AvgIpc) is 2.64. The number of carbonyl (C=O) groups excluding carboxylic acids is 1. The van der Waals surface area contributed by atoms with Crippen LogP contribution in [0.1, 0.15) is 16.7 Å². The second-order valence-corrected chi connectivity index (χ2v) is 5.25. The van der Waals surface area contributed by atoms with E-state index in [4.69, 9.17) is 15.2 Å². The molecule has 0 aliphatic rings. The molecule has 2 aromatic carbocycles. The highest BCUT2D eigenvalue weighted by Crippen LogP contribution is 2.27. The first-order valence-electron chi connectivity index (χ1n) is 7.66. The maximum Gasteiger partial charge on any atom is 0.315 e. The third-order valence-electron chi connectivity index (χ3n) is 3.58. The summed E-state index contributed by atoms with van der Waals surface area (Å²) in [5.41, 5.74) is 8.59. The molecule has 2 amide bonds. The normalized spacial score (nSPS) is 10.1. The molecule has 0 atom stereocenters. The number of hydrogen-bond donors (Lipinski definition) is 3. The molecule has 2 rings (SSSR count). The number of urea groups is 1. The zero-order valence-corrected chi connectivity index (χ0v) is 14.0. The number of amides is 2. The highest BCUT2D eigenvalue weighted by atomic mass is 16.5. The highest BCUT2D eigenvalue weighted by Gasteiger charge is 2.06. The van der Waals surface area contributed by atoms with Crippen LogP contribution in [0.4, 0.5) is 4.79 Å². The van der Waals surface area contributed by atoms with Crippen molar-refractivity contribution >= 4 is 6.03 Å². The van der Waals surface area contributed by atoms with Gasteiger partial charge in [-0.05, 0) is 28.8 Å². The van der Waals surface area contributed by atoms with Crippen LogP contribution >= 0.6 is 0 Å². The third-order valence-corrected chi connectivity index (χ3v) is 3.58. The van der Waals surface area contributed by atoms with Crippen LogP contribution in [0.3, 0.4) is 0 Å². The van der Waals surface area contributed by atoms with E-state index in [0.29, 0.717) is 31.1 Å². The first-order chi connectivity index (χ1) is 11.7. The van der Waals surface area contributed by atoms with Crippen LogP contribution in [0.2, 0.25) is 0 Å². The largest absolute Gasteiger partial charge is 0.493 e. The fourth-order valence-corrected chi connectivity index (χ4v) is 2.28. The summed E-state index contributed by atoms with van der Waals surface area (Å²) in [5.74, 6) is 1.29. The van der Waals surface area contributed by atoms with Crippen molar-refractivity contribution in [2.75, 3.05) is 14.2 Å². The minimum Gasteiger partial charge on any atom is -0.493 e. The predicted molar refractivity (Wildman–Crippen MR) is 93.0 cm³/mol. The van der Waals surface area contributed by atoms with E-state index in [9.17, 15) is 4.79 Å². The van der Waals surface area contributed by atoms with E-state index in [0.717, 1.165) is 16.7 Å². The number of rotatable bonds is 7. The van der Waals surface area contributed by atoms with Crippen molar-refractivity contribution in [3.63, 3.8) is 0 Å². The molecular weight excluding hydrogens is 306 g/mol. The van der Waals surface area contributed by atoms with Gasteiger partial charge >= 0.3 is 6.03 Å². The topological polar surface area (TPSA) is 85.6 Å². The minimum atomic E-state index is -0.233. The van der Waals surface area contributed by atoms with Crippen LogP contribution in [0, 0.1) is 0 Å². The maximum atomic E-state index is 11.9. The van der Waals surface area contributed by atoms with E-state index in [1.54, 1.807) is 14.2 Å². The number of hydrogen-bond acceptors (Lipinski definition) is 4. The van der Waals surface area contributed by atoms with Crippen LogP contribution in [0.15, 0.2) is 42.5 Å². The monoisotopic (exact) mass is 329 g/mol. The maximum absolute atomic E-state index is 11.9.